The van der Waals surface area contributed by atoms with Crippen LogP contribution >= 0.6 is 0 Å². The summed E-state index contributed by atoms with van der Waals surface area (Å²) in [5.74, 6) is 1.61. The average molecular weight is 239 g/mol. The van der Waals surface area contributed by atoms with Crippen molar-refractivity contribution in [2.24, 2.45) is 11.8 Å². The summed E-state index contributed by atoms with van der Waals surface area (Å²) in [6, 6.07) is 0. The largest absolute Gasteiger partial charge is 0.303 e. The van der Waals surface area contributed by atoms with Crippen molar-refractivity contribution < 1.29 is 4.79 Å². The van der Waals surface area contributed by atoms with Crippen molar-refractivity contribution in [2.45, 2.75) is 59.3 Å². The molecule has 1 saturated heterocycles. The van der Waals surface area contributed by atoms with Crippen LogP contribution in [0, 0.1) is 11.8 Å². The Kier molecular flexibility index (Phi) is 6.79. The van der Waals surface area contributed by atoms with Crippen LogP contribution in [0.1, 0.15) is 59.3 Å². The SMILES string of the molecule is CCCCC(CC)CN1CCC(C(C)=O)CC1. The van der Waals surface area contributed by atoms with Crippen LogP contribution in [0.2, 0.25) is 0 Å². The van der Waals surface area contributed by atoms with E-state index in [0.717, 1.165) is 31.8 Å². The van der Waals surface area contributed by atoms with Crippen LogP contribution in [0.15, 0.2) is 0 Å². The Bertz CT molecular complexity index is 219. The molecule has 0 aliphatic carbocycles. The fourth-order valence-corrected chi connectivity index (χ4v) is 2.80. The number of carbonyl (C=O) groups excluding carboxylic acids is 1. The Morgan fingerprint density at radius 2 is 1.94 bits per heavy atom. The van der Waals surface area contributed by atoms with Crippen molar-refractivity contribution in [1.29, 1.82) is 0 Å². The third-order valence-electron chi connectivity index (χ3n) is 4.22. The molecule has 0 radical (unpaired) electrons. The lowest BCUT2D eigenvalue weighted by atomic mass is 9.91. The van der Waals surface area contributed by atoms with Gasteiger partial charge in [0.25, 0.3) is 0 Å². The Morgan fingerprint density at radius 1 is 1.29 bits per heavy atom. The Balaban J connectivity index is 2.26. The first kappa shape index (κ1) is 14.7. The molecule has 0 bridgehead atoms. The first-order valence-corrected chi connectivity index (χ1v) is 7.40. The van der Waals surface area contributed by atoms with E-state index in [1.165, 1.54) is 32.2 Å². The topological polar surface area (TPSA) is 20.3 Å². The van der Waals surface area contributed by atoms with E-state index >= 15 is 0 Å². The number of hydrogen-bond acceptors (Lipinski definition) is 2. The Morgan fingerprint density at radius 3 is 2.41 bits per heavy atom. The summed E-state index contributed by atoms with van der Waals surface area (Å²) < 4.78 is 0. The van der Waals surface area contributed by atoms with Crippen LogP contribution in [0.5, 0.6) is 0 Å². The molecule has 2 heteroatoms. The predicted molar refractivity (Wildman–Crippen MR) is 73.2 cm³/mol. The standard InChI is InChI=1S/C15H29NO/c1-4-6-7-14(5-2)12-16-10-8-15(9-11-16)13(3)17/h14-15H,4-12H2,1-3H3. The molecule has 100 valence electrons. The third-order valence-corrected chi connectivity index (χ3v) is 4.22. The maximum absolute atomic E-state index is 11.3. The zero-order chi connectivity index (χ0) is 12.7. The minimum Gasteiger partial charge on any atom is -0.303 e. The van der Waals surface area contributed by atoms with Gasteiger partial charge in [-0.1, -0.05) is 33.1 Å². The molecule has 0 aromatic rings. The van der Waals surface area contributed by atoms with Gasteiger partial charge in [-0.25, -0.2) is 0 Å². The van der Waals surface area contributed by atoms with Crippen molar-refractivity contribution in [2.75, 3.05) is 19.6 Å². The van der Waals surface area contributed by atoms with Gasteiger partial charge in [0.2, 0.25) is 0 Å². The lowest BCUT2D eigenvalue weighted by Crippen LogP contribution is -2.38. The third kappa shape index (κ3) is 5.20. The van der Waals surface area contributed by atoms with Crippen molar-refractivity contribution in [3.63, 3.8) is 0 Å². The van der Waals surface area contributed by atoms with Crippen LogP contribution in [-0.2, 0) is 4.79 Å². The van der Waals surface area contributed by atoms with E-state index in [0.29, 0.717) is 11.7 Å². The highest BCUT2D eigenvalue weighted by atomic mass is 16.1. The van der Waals surface area contributed by atoms with Gasteiger partial charge in [-0.05, 0) is 45.2 Å². The fourth-order valence-electron chi connectivity index (χ4n) is 2.80. The normalized spacial score (nSPS) is 20.4. The number of Topliss-reactive ketones (excluding diaryl/α,β-unsaturated/α-hetero) is 1. The Labute approximate surface area is 107 Å². The molecule has 2 nitrogen and oxygen atoms in total. The number of unbranched alkanes of at least 4 members (excludes halogenated alkanes) is 1. The monoisotopic (exact) mass is 239 g/mol. The van der Waals surface area contributed by atoms with Crippen LogP contribution < -0.4 is 0 Å². The van der Waals surface area contributed by atoms with E-state index in [4.69, 9.17) is 0 Å². The van der Waals surface area contributed by atoms with Gasteiger partial charge < -0.3 is 4.90 Å². The molecule has 1 fully saturated rings. The second kappa shape index (κ2) is 7.86. The maximum Gasteiger partial charge on any atom is 0.133 e. The highest BCUT2D eigenvalue weighted by Gasteiger charge is 2.23. The molecule has 1 aliphatic rings. The second-order valence-corrected chi connectivity index (χ2v) is 5.60. The second-order valence-electron chi connectivity index (χ2n) is 5.60. The Hall–Kier alpha value is -0.370. The lowest BCUT2D eigenvalue weighted by molar-refractivity contribution is -0.122. The smallest absolute Gasteiger partial charge is 0.133 e. The molecule has 1 unspecified atom stereocenters. The van der Waals surface area contributed by atoms with Crippen molar-refractivity contribution in [3.8, 4) is 0 Å². The highest BCUT2D eigenvalue weighted by molar-refractivity contribution is 5.78. The first-order chi connectivity index (χ1) is 8.17. The summed E-state index contributed by atoms with van der Waals surface area (Å²) in [5.41, 5.74) is 0. The van der Waals surface area contributed by atoms with Gasteiger partial charge in [0, 0.05) is 12.5 Å². The number of piperidine rings is 1. The number of rotatable bonds is 7. The van der Waals surface area contributed by atoms with Gasteiger partial charge >= 0.3 is 0 Å². The van der Waals surface area contributed by atoms with E-state index in [1.54, 1.807) is 6.92 Å². The van der Waals surface area contributed by atoms with E-state index in [1.807, 2.05) is 0 Å². The van der Waals surface area contributed by atoms with Gasteiger partial charge in [0.1, 0.15) is 5.78 Å². The fraction of sp³-hybridized carbons (Fsp3) is 0.933. The van der Waals surface area contributed by atoms with Gasteiger partial charge in [-0.2, -0.15) is 0 Å². The molecule has 0 amide bonds. The zero-order valence-electron chi connectivity index (χ0n) is 11.9. The van der Waals surface area contributed by atoms with Crippen LogP contribution in [0.25, 0.3) is 0 Å². The molecule has 1 aliphatic heterocycles. The number of nitrogens with zero attached hydrogens (tertiary/aromatic N) is 1. The minimum absolute atomic E-state index is 0.349. The van der Waals surface area contributed by atoms with Gasteiger partial charge in [-0.15, -0.1) is 0 Å². The summed E-state index contributed by atoms with van der Waals surface area (Å²) in [5, 5.41) is 0. The maximum atomic E-state index is 11.3. The number of likely N-dealkylation sites (tertiary alicyclic amines) is 1. The molecule has 1 rings (SSSR count). The molecule has 0 aromatic heterocycles. The van der Waals surface area contributed by atoms with E-state index in [9.17, 15) is 4.79 Å². The molecule has 17 heavy (non-hydrogen) atoms. The van der Waals surface area contributed by atoms with Crippen molar-refractivity contribution in [3.05, 3.63) is 0 Å². The predicted octanol–water partition coefficient (Wildman–Crippen LogP) is 3.50. The van der Waals surface area contributed by atoms with Gasteiger partial charge in [0.05, 0.1) is 0 Å². The minimum atomic E-state index is 0.349. The zero-order valence-corrected chi connectivity index (χ0v) is 11.9. The van der Waals surface area contributed by atoms with E-state index in [-0.39, 0.29) is 0 Å². The lowest BCUT2D eigenvalue weighted by Gasteiger charge is -2.33. The summed E-state index contributed by atoms with van der Waals surface area (Å²) in [4.78, 5) is 13.9. The van der Waals surface area contributed by atoms with Crippen molar-refractivity contribution in [1.82, 2.24) is 4.90 Å². The molecule has 0 N–H and O–H groups in total. The van der Waals surface area contributed by atoms with E-state index in [2.05, 4.69) is 18.7 Å². The summed E-state index contributed by atoms with van der Waals surface area (Å²) in [7, 11) is 0. The summed E-state index contributed by atoms with van der Waals surface area (Å²) in [6.45, 7) is 9.84. The molecule has 0 aromatic carbocycles. The van der Waals surface area contributed by atoms with Crippen molar-refractivity contribution >= 4 is 5.78 Å². The molecule has 1 heterocycles. The van der Waals surface area contributed by atoms with E-state index < -0.39 is 0 Å². The average Bonchev–Trinajstić information content (AvgIpc) is 2.35. The molecular weight excluding hydrogens is 210 g/mol. The highest BCUT2D eigenvalue weighted by Crippen LogP contribution is 2.21. The number of ketones is 1. The van der Waals surface area contributed by atoms with Gasteiger partial charge in [-0.3, -0.25) is 4.79 Å². The number of carbonyl (C=O) groups is 1. The quantitative estimate of drug-likeness (QED) is 0.677. The molecular formula is C15H29NO. The summed E-state index contributed by atoms with van der Waals surface area (Å²) >= 11 is 0. The van der Waals surface area contributed by atoms with Crippen LogP contribution in [0.3, 0.4) is 0 Å². The number of hydrogen-bond donors (Lipinski definition) is 0. The first-order valence-electron chi connectivity index (χ1n) is 7.40. The van der Waals surface area contributed by atoms with Gasteiger partial charge in [0.15, 0.2) is 0 Å². The molecule has 0 spiro atoms. The van der Waals surface area contributed by atoms with Crippen LogP contribution in [-0.4, -0.2) is 30.3 Å². The molecule has 1 atom stereocenters. The van der Waals surface area contributed by atoms with Crippen LogP contribution in [0.4, 0.5) is 0 Å². The summed E-state index contributed by atoms with van der Waals surface area (Å²) in [6.07, 6.45) is 7.51. The molecule has 0 saturated carbocycles.